The molecule has 0 radical (unpaired) electrons. The number of halogens is 1. The highest BCUT2D eigenvalue weighted by Crippen LogP contribution is 2.21. The summed E-state index contributed by atoms with van der Waals surface area (Å²) in [7, 11) is 0. The first-order valence-electron chi connectivity index (χ1n) is 7.55. The summed E-state index contributed by atoms with van der Waals surface area (Å²) in [6, 6.07) is 8.03. The molecule has 0 spiro atoms. The second-order valence-corrected chi connectivity index (χ2v) is 7.16. The van der Waals surface area contributed by atoms with Gasteiger partial charge in [0.05, 0.1) is 23.2 Å². The first kappa shape index (κ1) is 18.4. The van der Waals surface area contributed by atoms with Crippen molar-refractivity contribution < 1.29 is 9.59 Å². The molecular formula is C17H20ClN3O2S. The van der Waals surface area contributed by atoms with Crippen LogP contribution in [0.2, 0.25) is 5.02 Å². The Morgan fingerprint density at radius 3 is 2.67 bits per heavy atom. The lowest BCUT2D eigenvalue weighted by atomic mass is 10.0. The smallest absolute Gasteiger partial charge is 0.253 e. The van der Waals surface area contributed by atoms with Gasteiger partial charge in [0.1, 0.15) is 0 Å². The first-order chi connectivity index (χ1) is 11.4. The van der Waals surface area contributed by atoms with Crippen molar-refractivity contribution in [3.05, 3.63) is 51.2 Å². The summed E-state index contributed by atoms with van der Waals surface area (Å²) >= 11 is 7.67. The Hall–Kier alpha value is -1.89. The van der Waals surface area contributed by atoms with E-state index in [1.807, 2.05) is 31.4 Å². The van der Waals surface area contributed by atoms with Gasteiger partial charge in [-0.1, -0.05) is 31.5 Å². The van der Waals surface area contributed by atoms with E-state index in [1.54, 1.807) is 29.5 Å². The maximum atomic E-state index is 12.3. The van der Waals surface area contributed by atoms with Crippen molar-refractivity contribution in [1.29, 1.82) is 0 Å². The molecule has 1 aromatic heterocycles. The predicted octanol–water partition coefficient (Wildman–Crippen LogP) is 3.25. The van der Waals surface area contributed by atoms with Crippen molar-refractivity contribution in [3.8, 4) is 0 Å². The molecular weight excluding hydrogens is 346 g/mol. The molecule has 0 fully saturated rings. The quantitative estimate of drug-likeness (QED) is 0.734. The molecule has 1 aromatic carbocycles. The van der Waals surface area contributed by atoms with Crippen LogP contribution >= 0.6 is 22.9 Å². The fourth-order valence-corrected chi connectivity index (χ4v) is 2.83. The SMILES string of the molecule is CC(C)[C@H](N)C(=O)Nc1ccc(Cl)c(C(=O)NCc2cccs2)c1. The van der Waals surface area contributed by atoms with E-state index < -0.39 is 6.04 Å². The number of carbonyl (C=O) groups is 2. The zero-order valence-electron chi connectivity index (χ0n) is 13.5. The molecule has 0 aliphatic rings. The van der Waals surface area contributed by atoms with Gasteiger partial charge in [0.2, 0.25) is 5.91 Å². The average molecular weight is 366 g/mol. The number of nitrogens with one attached hydrogen (secondary N) is 2. The standard InChI is InChI=1S/C17H20ClN3O2S/c1-10(2)15(19)17(23)21-11-5-6-14(18)13(8-11)16(22)20-9-12-4-3-7-24-12/h3-8,10,15H,9,19H2,1-2H3,(H,20,22)(H,21,23)/t15-/m0/s1. The van der Waals surface area contributed by atoms with Gasteiger partial charge in [-0.2, -0.15) is 0 Å². The Labute approximate surface area is 150 Å². The molecule has 5 nitrogen and oxygen atoms in total. The summed E-state index contributed by atoms with van der Waals surface area (Å²) in [5.74, 6) is -0.569. The van der Waals surface area contributed by atoms with Crippen molar-refractivity contribution in [2.75, 3.05) is 5.32 Å². The van der Waals surface area contributed by atoms with Gasteiger partial charge in [0.25, 0.3) is 5.91 Å². The summed E-state index contributed by atoms with van der Waals surface area (Å²) in [5.41, 5.74) is 6.62. The van der Waals surface area contributed by atoms with Crippen molar-refractivity contribution in [1.82, 2.24) is 5.32 Å². The van der Waals surface area contributed by atoms with E-state index in [2.05, 4.69) is 10.6 Å². The Kier molecular flexibility index (Phi) is 6.36. The Morgan fingerprint density at radius 1 is 1.29 bits per heavy atom. The van der Waals surface area contributed by atoms with Gasteiger partial charge in [-0.25, -0.2) is 0 Å². The third kappa shape index (κ3) is 4.80. The van der Waals surface area contributed by atoms with Crippen molar-refractivity contribution in [2.45, 2.75) is 26.4 Å². The molecule has 24 heavy (non-hydrogen) atoms. The highest BCUT2D eigenvalue weighted by molar-refractivity contribution is 7.09. The van der Waals surface area contributed by atoms with E-state index in [1.165, 1.54) is 0 Å². The number of amides is 2. The third-order valence-electron chi connectivity index (χ3n) is 3.50. The molecule has 2 aromatic rings. The number of carbonyl (C=O) groups excluding carboxylic acids is 2. The minimum atomic E-state index is -0.614. The number of hydrogen-bond acceptors (Lipinski definition) is 4. The van der Waals surface area contributed by atoms with Crippen LogP contribution in [0, 0.1) is 5.92 Å². The second-order valence-electron chi connectivity index (χ2n) is 5.72. The number of rotatable bonds is 6. The van der Waals surface area contributed by atoms with Gasteiger partial charge in [0, 0.05) is 10.6 Å². The van der Waals surface area contributed by atoms with E-state index in [0.29, 0.717) is 22.8 Å². The molecule has 2 amide bonds. The minimum Gasteiger partial charge on any atom is -0.347 e. The van der Waals surface area contributed by atoms with Gasteiger partial charge >= 0.3 is 0 Å². The molecule has 1 heterocycles. The van der Waals surface area contributed by atoms with Crippen molar-refractivity contribution in [3.63, 3.8) is 0 Å². The topological polar surface area (TPSA) is 84.2 Å². The number of anilines is 1. The van der Waals surface area contributed by atoms with E-state index in [9.17, 15) is 9.59 Å². The Bertz CT molecular complexity index is 717. The fourth-order valence-electron chi connectivity index (χ4n) is 1.98. The first-order valence-corrected chi connectivity index (χ1v) is 8.81. The minimum absolute atomic E-state index is 0.0193. The monoisotopic (exact) mass is 365 g/mol. The van der Waals surface area contributed by atoms with Crippen LogP contribution in [0.5, 0.6) is 0 Å². The van der Waals surface area contributed by atoms with E-state index in [-0.39, 0.29) is 17.7 Å². The second kappa shape index (κ2) is 8.28. The average Bonchev–Trinajstić information content (AvgIpc) is 3.06. The molecule has 128 valence electrons. The van der Waals surface area contributed by atoms with Crippen molar-refractivity contribution >= 4 is 40.4 Å². The van der Waals surface area contributed by atoms with Gasteiger partial charge < -0.3 is 16.4 Å². The summed E-state index contributed by atoms with van der Waals surface area (Å²) in [4.78, 5) is 25.4. The Balaban J connectivity index is 2.07. The zero-order valence-corrected chi connectivity index (χ0v) is 15.1. The molecule has 0 aliphatic carbocycles. The van der Waals surface area contributed by atoms with Crippen LogP contribution in [-0.2, 0) is 11.3 Å². The highest BCUT2D eigenvalue weighted by atomic mass is 35.5. The van der Waals surface area contributed by atoms with Crippen LogP contribution in [0.15, 0.2) is 35.7 Å². The lowest BCUT2D eigenvalue weighted by molar-refractivity contribution is -0.118. The van der Waals surface area contributed by atoms with Gasteiger partial charge in [0.15, 0.2) is 0 Å². The van der Waals surface area contributed by atoms with Crippen molar-refractivity contribution in [2.24, 2.45) is 11.7 Å². The third-order valence-corrected chi connectivity index (χ3v) is 4.71. The lowest BCUT2D eigenvalue weighted by Crippen LogP contribution is -2.39. The highest BCUT2D eigenvalue weighted by Gasteiger charge is 2.18. The van der Waals surface area contributed by atoms with E-state index in [0.717, 1.165) is 4.88 Å². The molecule has 0 saturated heterocycles. The molecule has 0 aliphatic heterocycles. The zero-order chi connectivity index (χ0) is 17.7. The van der Waals surface area contributed by atoms with Crippen LogP contribution in [0.4, 0.5) is 5.69 Å². The van der Waals surface area contributed by atoms with E-state index in [4.69, 9.17) is 17.3 Å². The van der Waals surface area contributed by atoms with Crippen LogP contribution in [0.3, 0.4) is 0 Å². The van der Waals surface area contributed by atoms with Crippen LogP contribution in [0.25, 0.3) is 0 Å². The molecule has 1 atom stereocenters. The summed E-state index contributed by atoms with van der Waals surface area (Å²) in [6.45, 7) is 4.17. The number of nitrogens with two attached hydrogens (primary N) is 1. The molecule has 4 N–H and O–H groups in total. The van der Waals surface area contributed by atoms with Gasteiger partial charge in [-0.15, -0.1) is 11.3 Å². The number of thiophene rings is 1. The van der Waals surface area contributed by atoms with Gasteiger partial charge in [-0.3, -0.25) is 9.59 Å². The molecule has 0 bridgehead atoms. The lowest BCUT2D eigenvalue weighted by Gasteiger charge is -2.16. The maximum absolute atomic E-state index is 12.3. The van der Waals surface area contributed by atoms with Crippen LogP contribution in [-0.4, -0.2) is 17.9 Å². The number of benzene rings is 1. The summed E-state index contributed by atoms with van der Waals surface area (Å²) in [5, 5.41) is 7.80. The van der Waals surface area contributed by atoms with E-state index >= 15 is 0 Å². The summed E-state index contributed by atoms with van der Waals surface area (Å²) in [6.07, 6.45) is 0. The van der Waals surface area contributed by atoms with Gasteiger partial charge in [-0.05, 0) is 35.6 Å². The largest absolute Gasteiger partial charge is 0.347 e. The molecule has 2 rings (SSSR count). The normalized spacial score (nSPS) is 12.0. The molecule has 0 unspecified atom stereocenters. The molecule has 0 saturated carbocycles. The molecule has 7 heteroatoms. The predicted molar refractivity (Wildman–Crippen MR) is 98.4 cm³/mol. The fraction of sp³-hybridized carbons (Fsp3) is 0.294. The summed E-state index contributed by atoms with van der Waals surface area (Å²) < 4.78 is 0. The maximum Gasteiger partial charge on any atom is 0.253 e. The van der Waals surface area contributed by atoms with Crippen LogP contribution in [0.1, 0.15) is 29.1 Å². The number of hydrogen-bond donors (Lipinski definition) is 3. The van der Waals surface area contributed by atoms with Crippen LogP contribution < -0.4 is 16.4 Å². The Morgan fingerprint density at radius 2 is 2.04 bits per heavy atom.